The molecule has 0 radical (unpaired) electrons. The van der Waals surface area contributed by atoms with Crippen LogP contribution in [0.3, 0.4) is 0 Å². The molecule has 0 aromatic carbocycles. The molecule has 2 aliphatic rings. The van der Waals surface area contributed by atoms with Crippen molar-refractivity contribution in [1.29, 1.82) is 0 Å². The minimum Gasteiger partial charge on any atom is -0.469 e. The molecule has 19 heavy (non-hydrogen) atoms. The van der Waals surface area contributed by atoms with Gasteiger partial charge in [-0.25, -0.2) is 0 Å². The van der Waals surface area contributed by atoms with Crippen LogP contribution in [0.4, 0.5) is 0 Å². The molecule has 2 bridgehead atoms. The molecule has 7 heteroatoms. The molecule has 6 nitrogen and oxygen atoms in total. The molecule has 0 spiro atoms. The van der Waals surface area contributed by atoms with Crippen molar-refractivity contribution in [3.63, 3.8) is 0 Å². The van der Waals surface area contributed by atoms with Crippen molar-refractivity contribution < 1.29 is 26.9 Å². The second kappa shape index (κ2) is 4.43. The third kappa shape index (κ3) is 2.51. The average Bonchev–Trinajstić information content (AvgIpc) is 2.70. The lowest BCUT2D eigenvalue weighted by molar-refractivity contribution is -0.152. The molecule has 0 N–H and O–H groups in total. The molecule has 0 aromatic rings. The molecule has 2 saturated heterocycles. The number of fused-ring (bicyclic) bond motifs is 2. The maximum Gasteiger partial charge on any atom is 0.312 e. The Balaban J connectivity index is 2.25. The van der Waals surface area contributed by atoms with Gasteiger partial charge in [0.15, 0.2) is 0 Å². The summed E-state index contributed by atoms with van der Waals surface area (Å²) in [5, 5.41) is 0. The Morgan fingerprint density at radius 2 is 1.89 bits per heavy atom. The highest BCUT2D eigenvalue weighted by atomic mass is 32.2. The first-order valence-electron chi connectivity index (χ1n) is 6.24. The summed E-state index contributed by atoms with van der Waals surface area (Å²) in [6, 6.07) is 0. The smallest absolute Gasteiger partial charge is 0.312 e. The standard InChI is InChI=1S/C12H20O6S/c1-11-5-6-12(2,18-11)9(10(13)16-3)8(11)7-17-19(4,14)15/h8-9H,5-7H2,1-4H3/t8-,9+,11+,12-/m1/s1. The number of esters is 1. The number of carbonyl (C=O) groups excluding carboxylic acids is 1. The van der Waals surface area contributed by atoms with Crippen LogP contribution in [0.25, 0.3) is 0 Å². The molecule has 110 valence electrons. The zero-order chi connectivity index (χ0) is 14.5. The van der Waals surface area contributed by atoms with Gasteiger partial charge in [-0.1, -0.05) is 0 Å². The van der Waals surface area contributed by atoms with Gasteiger partial charge in [0, 0.05) is 5.92 Å². The number of rotatable bonds is 4. The number of carbonyl (C=O) groups is 1. The summed E-state index contributed by atoms with van der Waals surface area (Å²) in [6.45, 7) is 3.72. The Hall–Kier alpha value is -0.660. The molecular formula is C12H20O6S. The van der Waals surface area contributed by atoms with Gasteiger partial charge in [-0.3, -0.25) is 8.98 Å². The summed E-state index contributed by atoms with van der Waals surface area (Å²) in [5.74, 6) is -1.17. The number of methoxy groups -OCH3 is 1. The van der Waals surface area contributed by atoms with E-state index in [1.807, 2.05) is 13.8 Å². The van der Waals surface area contributed by atoms with Gasteiger partial charge in [0.2, 0.25) is 0 Å². The van der Waals surface area contributed by atoms with Gasteiger partial charge >= 0.3 is 5.97 Å². The second-order valence-corrected chi connectivity index (χ2v) is 7.47. The van der Waals surface area contributed by atoms with Crippen LogP contribution in [0.2, 0.25) is 0 Å². The van der Waals surface area contributed by atoms with E-state index in [0.29, 0.717) is 0 Å². The lowest BCUT2D eigenvalue weighted by Crippen LogP contribution is -2.45. The van der Waals surface area contributed by atoms with Crippen molar-refractivity contribution in [2.45, 2.75) is 37.9 Å². The van der Waals surface area contributed by atoms with Crippen molar-refractivity contribution >= 4 is 16.1 Å². The minimum absolute atomic E-state index is 0.0509. The summed E-state index contributed by atoms with van der Waals surface area (Å²) in [7, 11) is -2.21. The first-order chi connectivity index (χ1) is 8.61. The molecule has 2 fully saturated rings. The predicted octanol–water partition coefficient (Wildman–Crippen LogP) is 0.709. The lowest BCUT2D eigenvalue weighted by Gasteiger charge is -2.34. The SMILES string of the molecule is COC(=O)[C@@H]1[C@@H](COS(C)(=O)=O)[C@]2(C)CC[C@@]1(C)O2. The molecule has 2 rings (SSSR count). The average molecular weight is 292 g/mol. The molecule has 0 aliphatic carbocycles. The van der Waals surface area contributed by atoms with Crippen LogP contribution in [0.15, 0.2) is 0 Å². The fourth-order valence-corrected chi connectivity index (χ4v) is 3.79. The molecule has 0 amide bonds. The van der Waals surface area contributed by atoms with Gasteiger partial charge in [-0.15, -0.1) is 0 Å². The first kappa shape index (κ1) is 14.7. The van der Waals surface area contributed by atoms with Gasteiger partial charge in [-0.05, 0) is 26.7 Å². The van der Waals surface area contributed by atoms with E-state index < -0.39 is 27.2 Å². The van der Waals surface area contributed by atoms with Gasteiger partial charge in [0.1, 0.15) is 0 Å². The lowest BCUT2D eigenvalue weighted by atomic mass is 9.68. The van der Waals surface area contributed by atoms with E-state index in [9.17, 15) is 13.2 Å². The van der Waals surface area contributed by atoms with Crippen LogP contribution in [0.5, 0.6) is 0 Å². The van der Waals surface area contributed by atoms with Gasteiger partial charge in [-0.2, -0.15) is 8.42 Å². The topological polar surface area (TPSA) is 78.9 Å². The highest BCUT2D eigenvalue weighted by molar-refractivity contribution is 7.85. The van der Waals surface area contributed by atoms with E-state index in [0.717, 1.165) is 19.1 Å². The van der Waals surface area contributed by atoms with E-state index in [-0.39, 0.29) is 18.5 Å². The van der Waals surface area contributed by atoms with Crippen LogP contribution in [-0.4, -0.2) is 45.6 Å². The molecule has 0 saturated carbocycles. The summed E-state index contributed by atoms with van der Waals surface area (Å²) in [6.07, 6.45) is 2.55. The molecule has 4 atom stereocenters. The maximum absolute atomic E-state index is 12.0. The maximum atomic E-state index is 12.0. The van der Waals surface area contributed by atoms with E-state index in [1.165, 1.54) is 7.11 Å². The Bertz CT molecular complexity index is 486. The molecular weight excluding hydrogens is 272 g/mol. The van der Waals surface area contributed by atoms with E-state index in [4.69, 9.17) is 13.7 Å². The Morgan fingerprint density at radius 3 is 2.42 bits per heavy atom. The van der Waals surface area contributed by atoms with Crippen molar-refractivity contribution in [3.05, 3.63) is 0 Å². The van der Waals surface area contributed by atoms with Crippen LogP contribution in [0, 0.1) is 11.8 Å². The molecule has 0 aromatic heterocycles. The first-order valence-corrected chi connectivity index (χ1v) is 8.05. The van der Waals surface area contributed by atoms with Crippen LogP contribution in [-0.2, 0) is 28.6 Å². The number of ether oxygens (including phenoxy) is 2. The van der Waals surface area contributed by atoms with Gasteiger partial charge in [0.05, 0.1) is 37.1 Å². The van der Waals surface area contributed by atoms with Crippen molar-refractivity contribution in [2.24, 2.45) is 11.8 Å². The Kier molecular flexibility index (Phi) is 3.43. The fourth-order valence-electron chi connectivity index (χ4n) is 3.40. The van der Waals surface area contributed by atoms with Crippen molar-refractivity contribution in [2.75, 3.05) is 20.0 Å². The number of hydrogen-bond donors (Lipinski definition) is 0. The third-order valence-electron chi connectivity index (χ3n) is 4.35. The van der Waals surface area contributed by atoms with E-state index in [2.05, 4.69) is 0 Å². The quantitative estimate of drug-likeness (QED) is 0.561. The van der Waals surface area contributed by atoms with Crippen LogP contribution < -0.4 is 0 Å². The third-order valence-corrected chi connectivity index (χ3v) is 4.91. The van der Waals surface area contributed by atoms with Gasteiger partial charge in [0.25, 0.3) is 10.1 Å². The minimum atomic E-state index is -3.54. The molecule has 0 unspecified atom stereocenters. The van der Waals surface area contributed by atoms with E-state index >= 15 is 0 Å². The summed E-state index contributed by atoms with van der Waals surface area (Å²) in [4.78, 5) is 12.0. The zero-order valence-electron chi connectivity index (χ0n) is 11.6. The number of hydrogen-bond acceptors (Lipinski definition) is 6. The highest BCUT2D eigenvalue weighted by Crippen LogP contribution is 2.57. The summed E-state index contributed by atoms with van der Waals surface area (Å²) < 4.78 is 38.0. The molecule has 2 heterocycles. The van der Waals surface area contributed by atoms with Crippen LogP contribution >= 0.6 is 0 Å². The highest BCUT2D eigenvalue weighted by Gasteiger charge is 2.65. The second-order valence-electron chi connectivity index (χ2n) is 5.82. The Labute approximate surface area is 113 Å². The fraction of sp³-hybridized carbons (Fsp3) is 0.917. The monoisotopic (exact) mass is 292 g/mol. The zero-order valence-corrected chi connectivity index (χ0v) is 12.5. The summed E-state index contributed by atoms with van der Waals surface area (Å²) in [5.41, 5.74) is -1.12. The largest absolute Gasteiger partial charge is 0.469 e. The Morgan fingerprint density at radius 1 is 1.32 bits per heavy atom. The van der Waals surface area contributed by atoms with Crippen LogP contribution in [0.1, 0.15) is 26.7 Å². The van der Waals surface area contributed by atoms with E-state index in [1.54, 1.807) is 0 Å². The summed E-state index contributed by atoms with van der Waals surface area (Å²) >= 11 is 0. The molecule has 2 aliphatic heterocycles. The van der Waals surface area contributed by atoms with Crippen molar-refractivity contribution in [3.8, 4) is 0 Å². The predicted molar refractivity (Wildman–Crippen MR) is 66.9 cm³/mol. The normalized spacial score (nSPS) is 41.5. The van der Waals surface area contributed by atoms with Crippen molar-refractivity contribution in [1.82, 2.24) is 0 Å². The van der Waals surface area contributed by atoms with Gasteiger partial charge < -0.3 is 9.47 Å².